The molecule has 1 amide bonds. The number of para-hydroxylation sites is 1. The molecule has 2 atom stereocenters. The van der Waals surface area contributed by atoms with Crippen LogP contribution >= 0.6 is 0 Å². The molecule has 4 heterocycles. The number of carbonyl (C=O) groups excluding carboxylic acids is 1. The first-order chi connectivity index (χ1) is 19.2. The monoisotopic (exact) mass is 550 g/mol. The minimum absolute atomic E-state index is 0.0138. The maximum atomic E-state index is 14.2. The molecule has 0 unspecified atom stereocenters. The second-order valence-electron chi connectivity index (χ2n) is 10.7. The molecule has 5 aromatic rings. The van der Waals surface area contributed by atoms with Crippen molar-refractivity contribution in [2.75, 3.05) is 11.9 Å². The summed E-state index contributed by atoms with van der Waals surface area (Å²) in [5, 5.41) is 0.527. The van der Waals surface area contributed by atoms with Gasteiger partial charge in [0.25, 0.3) is 15.6 Å². The highest BCUT2D eigenvalue weighted by molar-refractivity contribution is 7.90. The molecule has 1 aliphatic heterocycles. The Morgan fingerprint density at radius 1 is 0.975 bits per heavy atom. The van der Waals surface area contributed by atoms with E-state index >= 15 is 0 Å². The molecule has 0 saturated heterocycles. The van der Waals surface area contributed by atoms with E-state index in [1.54, 1.807) is 80.1 Å². The van der Waals surface area contributed by atoms with Crippen LogP contribution in [0.4, 0.5) is 5.69 Å². The van der Waals surface area contributed by atoms with Crippen LogP contribution in [-0.2, 0) is 27.3 Å². The van der Waals surface area contributed by atoms with E-state index in [4.69, 9.17) is 0 Å². The quantitative estimate of drug-likeness (QED) is 0.332. The number of carbonyl (C=O) groups is 1. The maximum absolute atomic E-state index is 14.2. The Bertz CT molecular complexity index is 2030. The van der Waals surface area contributed by atoms with E-state index in [-0.39, 0.29) is 22.2 Å². The number of hydrogen-bond acceptors (Lipinski definition) is 5. The number of likely N-dealkylation sites (N-methyl/N-ethyl adjacent to an activating group) is 1. The number of pyridine rings is 2. The average molecular weight is 551 g/mol. The molecule has 3 aromatic heterocycles. The number of rotatable bonds is 4. The number of aryl methyl sites for hydroxylation is 2. The van der Waals surface area contributed by atoms with Gasteiger partial charge in [0.05, 0.1) is 16.0 Å². The summed E-state index contributed by atoms with van der Waals surface area (Å²) in [5.41, 5.74) is 3.35. The van der Waals surface area contributed by atoms with E-state index in [0.717, 1.165) is 26.4 Å². The number of hydrogen-bond donors (Lipinski definition) is 0. The fourth-order valence-electron chi connectivity index (χ4n) is 6.32. The standard InChI is InChI=1S/C31H26N4O4S/c1-19-10-12-21(13-11-19)40(38,39)35-27(20-7-6-14-32-17-20)15-22-23(18-33(2)29(36)28(22)35)25-16-31(25)24-8-4-5-9-26(24)34(3)30(31)37/h4-15,17-18,25H,16H2,1-3H3/t25-,31-/m0/s1. The third-order valence-electron chi connectivity index (χ3n) is 8.41. The van der Waals surface area contributed by atoms with Gasteiger partial charge in [0.2, 0.25) is 5.91 Å². The molecule has 0 N–H and O–H groups in total. The van der Waals surface area contributed by atoms with Crippen molar-refractivity contribution in [3.05, 3.63) is 112 Å². The Balaban J connectivity index is 1.52. The lowest BCUT2D eigenvalue weighted by Gasteiger charge is -2.14. The van der Waals surface area contributed by atoms with E-state index in [1.807, 2.05) is 31.2 Å². The smallest absolute Gasteiger partial charge is 0.275 e. The van der Waals surface area contributed by atoms with E-state index in [0.29, 0.717) is 23.1 Å². The second kappa shape index (κ2) is 8.25. The van der Waals surface area contributed by atoms with Crippen LogP contribution < -0.4 is 10.5 Å². The Hall–Kier alpha value is -4.50. The predicted octanol–water partition coefficient (Wildman–Crippen LogP) is 4.35. The van der Waals surface area contributed by atoms with Gasteiger partial charge in [-0.3, -0.25) is 14.6 Å². The van der Waals surface area contributed by atoms with Gasteiger partial charge in [0.1, 0.15) is 5.52 Å². The zero-order chi connectivity index (χ0) is 28.0. The predicted molar refractivity (Wildman–Crippen MR) is 153 cm³/mol. The third-order valence-corrected chi connectivity index (χ3v) is 10.1. The first kappa shape index (κ1) is 24.5. The summed E-state index contributed by atoms with van der Waals surface area (Å²) >= 11 is 0. The fraction of sp³-hybridized carbons (Fsp3) is 0.194. The molecular formula is C31H26N4O4S. The molecule has 2 aromatic carbocycles. The molecule has 0 radical (unpaired) electrons. The van der Waals surface area contributed by atoms with Gasteiger partial charge in [-0.25, -0.2) is 12.4 Å². The molecule has 1 spiro atoms. The topological polar surface area (TPSA) is 94.3 Å². The van der Waals surface area contributed by atoms with Crippen LogP contribution in [0, 0.1) is 6.92 Å². The minimum atomic E-state index is -4.17. The molecule has 1 aliphatic carbocycles. The van der Waals surface area contributed by atoms with Crippen molar-refractivity contribution in [2.45, 2.75) is 29.6 Å². The fourth-order valence-corrected chi connectivity index (χ4v) is 7.84. The highest BCUT2D eigenvalue weighted by Gasteiger charge is 2.67. The molecule has 1 saturated carbocycles. The van der Waals surface area contributed by atoms with E-state index in [9.17, 15) is 18.0 Å². The summed E-state index contributed by atoms with van der Waals surface area (Å²) in [4.78, 5) is 33.4. The number of fused-ring (bicyclic) bond motifs is 3. The van der Waals surface area contributed by atoms with Gasteiger partial charge in [-0.05, 0) is 60.9 Å². The summed E-state index contributed by atoms with van der Waals surface area (Å²) in [5.74, 6) is -0.194. The number of aromatic nitrogens is 3. The normalized spacial score (nSPS) is 19.9. The van der Waals surface area contributed by atoms with Crippen LogP contribution in [0.2, 0.25) is 0 Å². The Labute approximate surface area is 231 Å². The molecule has 1 fully saturated rings. The molecule has 9 heteroatoms. The van der Waals surface area contributed by atoms with Gasteiger partial charge >= 0.3 is 0 Å². The molecule has 200 valence electrons. The lowest BCUT2D eigenvalue weighted by molar-refractivity contribution is -0.120. The van der Waals surface area contributed by atoms with Crippen molar-refractivity contribution < 1.29 is 13.2 Å². The van der Waals surface area contributed by atoms with Crippen LogP contribution in [0.5, 0.6) is 0 Å². The highest BCUT2D eigenvalue weighted by atomic mass is 32.2. The van der Waals surface area contributed by atoms with Crippen molar-refractivity contribution in [2.24, 2.45) is 7.05 Å². The lowest BCUT2D eigenvalue weighted by atomic mass is 9.91. The molecule has 0 bridgehead atoms. The average Bonchev–Trinajstić information content (AvgIpc) is 3.51. The van der Waals surface area contributed by atoms with Crippen molar-refractivity contribution in [1.29, 1.82) is 0 Å². The molecule has 8 nitrogen and oxygen atoms in total. The molecular weight excluding hydrogens is 524 g/mol. The van der Waals surface area contributed by atoms with Crippen LogP contribution in [0.25, 0.3) is 22.2 Å². The number of benzene rings is 2. The Morgan fingerprint density at radius 2 is 1.73 bits per heavy atom. The Morgan fingerprint density at radius 3 is 2.45 bits per heavy atom. The summed E-state index contributed by atoms with van der Waals surface area (Å²) in [7, 11) is -0.768. The minimum Gasteiger partial charge on any atom is -0.316 e. The van der Waals surface area contributed by atoms with Crippen molar-refractivity contribution in [3.8, 4) is 11.3 Å². The van der Waals surface area contributed by atoms with Gasteiger partial charge < -0.3 is 9.47 Å². The number of amides is 1. The van der Waals surface area contributed by atoms with Crippen LogP contribution in [0.1, 0.15) is 29.0 Å². The van der Waals surface area contributed by atoms with Gasteiger partial charge in [-0.1, -0.05) is 35.9 Å². The first-order valence-corrected chi connectivity index (χ1v) is 14.5. The summed E-state index contributed by atoms with van der Waals surface area (Å²) < 4.78 is 31.0. The van der Waals surface area contributed by atoms with Crippen LogP contribution in [-0.4, -0.2) is 34.9 Å². The zero-order valence-corrected chi connectivity index (χ0v) is 23.0. The van der Waals surface area contributed by atoms with Crippen molar-refractivity contribution >= 4 is 32.5 Å². The van der Waals surface area contributed by atoms with Gasteiger partial charge in [0, 0.05) is 55.2 Å². The zero-order valence-electron chi connectivity index (χ0n) is 22.2. The van der Waals surface area contributed by atoms with E-state index in [2.05, 4.69) is 4.98 Å². The summed E-state index contributed by atoms with van der Waals surface area (Å²) in [6.45, 7) is 1.88. The molecule has 7 rings (SSSR count). The molecule has 2 aliphatic rings. The van der Waals surface area contributed by atoms with Crippen LogP contribution in [0.3, 0.4) is 0 Å². The number of nitrogens with zero attached hydrogens (tertiary/aromatic N) is 4. The van der Waals surface area contributed by atoms with Gasteiger partial charge in [0.15, 0.2) is 0 Å². The van der Waals surface area contributed by atoms with E-state index < -0.39 is 21.0 Å². The summed E-state index contributed by atoms with van der Waals surface area (Å²) in [6.07, 6.45) is 5.54. The maximum Gasteiger partial charge on any atom is 0.275 e. The van der Waals surface area contributed by atoms with Crippen molar-refractivity contribution in [3.63, 3.8) is 0 Å². The van der Waals surface area contributed by atoms with Crippen LogP contribution in [0.15, 0.2) is 95.0 Å². The summed E-state index contributed by atoms with van der Waals surface area (Å²) in [6, 6.07) is 19.6. The second-order valence-corrected chi connectivity index (χ2v) is 12.5. The van der Waals surface area contributed by atoms with Gasteiger partial charge in [-0.2, -0.15) is 0 Å². The highest BCUT2D eigenvalue weighted by Crippen LogP contribution is 2.66. The molecule has 40 heavy (non-hydrogen) atoms. The van der Waals surface area contributed by atoms with E-state index in [1.165, 1.54) is 4.57 Å². The largest absolute Gasteiger partial charge is 0.316 e. The van der Waals surface area contributed by atoms with Gasteiger partial charge in [-0.15, -0.1) is 0 Å². The van der Waals surface area contributed by atoms with Crippen molar-refractivity contribution in [1.82, 2.24) is 13.5 Å². The SMILES string of the molecule is Cc1ccc(S(=O)(=O)n2c(-c3cccnc3)cc3c([C@@H]4C[C@@]45C(=O)N(C)c4ccccc45)cn(C)c(=O)c32)cc1. The number of anilines is 1. The lowest BCUT2D eigenvalue weighted by Crippen LogP contribution is -2.29. The Kier molecular flexibility index (Phi) is 5.06. The third kappa shape index (κ3) is 3.18. The first-order valence-electron chi connectivity index (χ1n) is 13.0.